The zero-order valence-corrected chi connectivity index (χ0v) is 27.6. The van der Waals surface area contributed by atoms with Gasteiger partial charge in [-0.2, -0.15) is 0 Å². The first kappa shape index (κ1) is 37.8. The lowest BCUT2D eigenvalue weighted by atomic mass is 9.97. The molecule has 0 aliphatic carbocycles. The molecule has 2 fully saturated rings. The predicted molar refractivity (Wildman–Crippen MR) is 170 cm³/mol. The Morgan fingerprint density at radius 1 is 1.02 bits per heavy atom. The van der Waals surface area contributed by atoms with Crippen LogP contribution in [0.1, 0.15) is 58.1 Å². The van der Waals surface area contributed by atoms with E-state index in [1.807, 2.05) is 0 Å². The van der Waals surface area contributed by atoms with Crippen molar-refractivity contribution in [3.05, 3.63) is 44.9 Å². The third-order valence-corrected chi connectivity index (χ3v) is 9.17. The van der Waals surface area contributed by atoms with Crippen LogP contribution in [0.15, 0.2) is 33.6 Å². The first-order valence-corrected chi connectivity index (χ1v) is 16.6. The molecule has 2 amide bonds. The number of rotatable bonds is 15. The van der Waals surface area contributed by atoms with Gasteiger partial charge in [0.2, 0.25) is 5.91 Å². The third-order valence-electron chi connectivity index (χ3n) is 9.17. The normalized spacial score (nSPS) is 31.9. The van der Waals surface area contributed by atoms with Gasteiger partial charge >= 0.3 is 5.69 Å². The van der Waals surface area contributed by atoms with E-state index < -0.39 is 84.4 Å². The van der Waals surface area contributed by atoms with E-state index >= 15 is 0 Å². The third kappa shape index (κ3) is 8.40. The van der Waals surface area contributed by atoms with Gasteiger partial charge in [-0.25, -0.2) is 4.79 Å². The van der Waals surface area contributed by atoms with E-state index in [2.05, 4.69) is 17.2 Å². The van der Waals surface area contributed by atoms with Crippen LogP contribution < -0.4 is 22.3 Å². The Kier molecular flexibility index (Phi) is 13.5. The summed E-state index contributed by atoms with van der Waals surface area (Å²) in [6, 6.07) is -0.270. The molecule has 17 heteroatoms. The summed E-state index contributed by atoms with van der Waals surface area (Å²) in [4.78, 5) is 56.3. The zero-order valence-electron chi connectivity index (χ0n) is 27.6. The molecule has 8 N–H and O–H groups in total. The number of carbonyl (C=O) groups is 2. The second kappa shape index (κ2) is 17.1. The number of carbonyl (C=O) groups excluding carboxylic acids is 2. The van der Waals surface area contributed by atoms with Crippen molar-refractivity contribution in [2.75, 3.05) is 33.7 Å². The maximum Gasteiger partial charge on any atom is 0.330 e. The van der Waals surface area contributed by atoms with Gasteiger partial charge in [-0.1, -0.05) is 45.4 Å². The van der Waals surface area contributed by atoms with Crippen molar-refractivity contribution in [2.24, 2.45) is 5.73 Å². The van der Waals surface area contributed by atoms with Gasteiger partial charge in [0, 0.05) is 38.9 Å². The van der Waals surface area contributed by atoms with Gasteiger partial charge < -0.3 is 50.6 Å². The van der Waals surface area contributed by atoms with Gasteiger partial charge in [0.25, 0.3) is 11.5 Å². The number of H-pyrrole nitrogens is 1. The summed E-state index contributed by atoms with van der Waals surface area (Å²) in [5, 5.41) is 46.3. The lowest BCUT2D eigenvalue weighted by molar-refractivity contribution is -0.232. The van der Waals surface area contributed by atoms with Crippen LogP contribution in [-0.2, 0) is 23.8 Å². The van der Waals surface area contributed by atoms with Gasteiger partial charge in [-0.3, -0.25) is 28.8 Å². The minimum atomic E-state index is -1.75. The highest BCUT2D eigenvalue weighted by molar-refractivity contribution is 5.99. The topological polar surface area (TPSA) is 242 Å². The van der Waals surface area contributed by atoms with E-state index in [1.54, 1.807) is 18.0 Å². The molecule has 0 unspecified atom stereocenters. The Bertz CT molecular complexity index is 1390. The monoisotopic (exact) mass is 682 g/mol. The fourth-order valence-corrected chi connectivity index (χ4v) is 6.32. The van der Waals surface area contributed by atoms with E-state index in [0.717, 1.165) is 47.4 Å². The number of aliphatic hydroxyl groups is 4. The number of amides is 2. The van der Waals surface area contributed by atoms with E-state index in [0.29, 0.717) is 6.54 Å². The van der Waals surface area contributed by atoms with Crippen molar-refractivity contribution in [3.63, 3.8) is 0 Å². The molecular formula is C31H50N6O11. The first-order chi connectivity index (χ1) is 22.9. The molecule has 1 aromatic heterocycles. The fraction of sp³-hybridized carbons (Fsp3) is 0.742. The summed E-state index contributed by atoms with van der Waals surface area (Å²) in [6.07, 6.45) is -3.36. The van der Waals surface area contributed by atoms with E-state index in [9.17, 15) is 39.6 Å². The summed E-state index contributed by atoms with van der Waals surface area (Å²) >= 11 is 0. The van der Waals surface area contributed by atoms with Crippen LogP contribution in [0.4, 0.5) is 0 Å². The fourth-order valence-electron chi connectivity index (χ4n) is 6.32. The van der Waals surface area contributed by atoms with E-state index in [-0.39, 0.29) is 18.8 Å². The van der Waals surface area contributed by atoms with Gasteiger partial charge in [0.15, 0.2) is 12.5 Å². The lowest BCUT2D eigenvalue weighted by Crippen LogP contribution is -2.59. The summed E-state index contributed by atoms with van der Waals surface area (Å²) in [7, 11) is 3.00. The van der Waals surface area contributed by atoms with E-state index in [4.69, 9.17) is 19.9 Å². The Morgan fingerprint density at radius 3 is 2.35 bits per heavy atom. The summed E-state index contributed by atoms with van der Waals surface area (Å²) in [5.41, 5.74) is 4.16. The Labute approximate surface area is 278 Å². The highest BCUT2D eigenvalue weighted by Gasteiger charge is 2.55. The van der Waals surface area contributed by atoms with Crippen LogP contribution in [-0.4, -0.2) is 140 Å². The Hall–Kier alpha value is -3.00. The van der Waals surface area contributed by atoms with Gasteiger partial charge in [0.1, 0.15) is 54.5 Å². The SMILES string of the molecule is CCCCCCCCCNC(=O)C1=CCN(C)[C@@H]([C@H](O[C@@H]2O[C@H](CN)[C@@H](O)[C@H]2O)[C@H]2O[C@@H](n3ccc(=O)[nH]c3=O)[C@H](O)[C@@H]2O)C(=O)N1C. The summed E-state index contributed by atoms with van der Waals surface area (Å²) < 4.78 is 18.6. The van der Waals surface area contributed by atoms with Crippen LogP contribution in [0.2, 0.25) is 0 Å². The number of ether oxygens (including phenoxy) is 3. The second-order valence-electron chi connectivity index (χ2n) is 12.6. The van der Waals surface area contributed by atoms with E-state index in [1.165, 1.54) is 26.3 Å². The van der Waals surface area contributed by atoms with Crippen molar-refractivity contribution >= 4 is 11.8 Å². The Morgan fingerprint density at radius 2 is 1.71 bits per heavy atom. The number of nitrogens with zero attached hydrogens (tertiary/aromatic N) is 3. The van der Waals surface area contributed by atoms with Gasteiger partial charge in [-0.05, 0) is 19.5 Å². The molecule has 0 bridgehead atoms. The number of unbranched alkanes of at least 4 members (excludes halogenated alkanes) is 6. The molecule has 3 aliphatic heterocycles. The predicted octanol–water partition coefficient (Wildman–Crippen LogP) is -2.53. The number of likely N-dealkylation sites (N-methyl/N-ethyl adjacent to an activating group) is 2. The molecule has 270 valence electrons. The van der Waals surface area contributed by atoms with Crippen molar-refractivity contribution in [2.45, 2.75) is 113 Å². The number of aromatic nitrogens is 2. The largest absolute Gasteiger partial charge is 0.387 e. The quantitative estimate of drug-likeness (QED) is 0.0946. The molecule has 48 heavy (non-hydrogen) atoms. The number of nitrogens with one attached hydrogen (secondary N) is 2. The minimum Gasteiger partial charge on any atom is -0.387 e. The molecule has 4 heterocycles. The maximum absolute atomic E-state index is 14.2. The molecule has 4 rings (SSSR count). The highest BCUT2D eigenvalue weighted by atomic mass is 16.7. The number of aromatic amines is 1. The van der Waals surface area contributed by atoms with Crippen molar-refractivity contribution < 1.29 is 44.2 Å². The number of nitrogens with two attached hydrogens (primary N) is 1. The molecule has 3 aliphatic rings. The summed E-state index contributed by atoms with van der Waals surface area (Å²) in [5.74, 6) is -1.09. The molecular weight excluding hydrogens is 632 g/mol. The molecule has 0 spiro atoms. The first-order valence-electron chi connectivity index (χ1n) is 16.6. The number of hydrogen-bond donors (Lipinski definition) is 7. The van der Waals surface area contributed by atoms with Gasteiger partial charge in [0.05, 0.1) is 0 Å². The van der Waals surface area contributed by atoms with Crippen molar-refractivity contribution in [1.82, 2.24) is 24.7 Å². The average molecular weight is 683 g/mol. The molecule has 10 atom stereocenters. The lowest BCUT2D eigenvalue weighted by Gasteiger charge is -2.38. The maximum atomic E-state index is 14.2. The smallest absolute Gasteiger partial charge is 0.330 e. The van der Waals surface area contributed by atoms with Crippen LogP contribution in [0.5, 0.6) is 0 Å². The molecule has 0 aromatic carbocycles. The average Bonchev–Trinajstić information content (AvgIpc) is 3.46. The molecule has 0 radical (unpaired) electrons. The number of aliphatic hydroxyl groups excluding tert-OH is 4. The minimum absolute atomic E-state index is 0.0666. The number of hydrogen-bond acceptors (Lipinski definition) is 13. The Balaban J connectivity index is 1.56. The second-order valence-corrected chi connectivity index (χ2v) is 12.6. The molecule has 0 saturated carbocycles. The van der Waals surface area contributed by atoms with Gasteiger partial charge in [-0.15, -0.1) is 0 Å². The van der Waals surface area contributed by atoms with Crippen LogP contribution >= 0.6 is 0 Å². The van der Waals surface area contributed by atoms with Crippen molar-refractivity contribution in [1.29, 1.82) is 0 Å². The van der Waals surface area contributed by atoms with Crippen LogP contribution in [0.25, 0.3) is 0 Å². The summed E-state index contributed by atoms with van der Waals surface area (Å²) in [6.45, 7) is 2.50. The van der Waals surface area contributed by atoms with Crippen LogP contribution in [0.3, 0.4) is 0 Å². The zero-order chi connectivity index (χ0) is 35.1. The molecule has 1 aromatic rings. The van der Waals surface area contributed by atoms with Crippen LogP contribution in [0, 0.1) is 0 Å². The molecule has 17 nitrogen and oxygen atoms in total. The van der Waals surface area contributed by atoms with Crippen molar-refractivity contribution in [3.8, 4) is 0 Å². The highest BCUT2D eigenvalue weighted by Crippen LogP contribution is 2.36. The molecule has 2 saturated heterocycles. The standard InChI is InChI=1S/C31H50N6O11/c1-4-5-6-7-8-9-10-13-33-27(43)17-11-14-35(2)20(28(44)36(17)3)25(48-30-24(42)21(39)18(16-32)46-30)26-22(40)23(41)29(47-26)37-15-12-19(38)34-31(37)45/h11-12,15,18,20-26,29-30,39-42H,4-10,13-14,16,32H2,1-3H3,(H,33,43)(H,34,38,45)/t18-,20+,21-,22+,23-,24-,25+,26+,29-,30+/m1/s1.